The third-order valence-corrected chi connectivity index (χ3v) is 4.87. The van der Waals surface area contributed by atoms with Crippen LogP contribution in [0.15, 0.2) is 48.8 Å². The minimum Gasteiger partial charge on any atom is -0.507 e. The Hall–Kier alpha value is -3.15. The van der Waals surface area contributed by atoms with Crippen molar-refractivity contribution in [3.63, 3.8) is 0 Å². The van der Waals surface area contributed by atoms with Gasteiger partial charge >= 0.3 is 0 Å². The molecule has 1 saturated carbocycles. The fraction of sp³-hybridized carbons (Fsp3) is 0.286. The van der Waals surface area contributed by atoms with Crippen molar-refractivity contribution < 1.29 is 14.6 Å². The lowest BCUT2D eigenvalue weighted by molar-refractivity contribution is 0.111. The third-order valence-electron chi connectivity index (χ3n) is 4.87. The second-order valence-electron chi connectivity index (χ2n) is 7.06. The lowest BCUT2D eigenvalue weighted by Gasteiger charge is -2.22. The molecule has 0 spiro atoms. The monoisotopic (exact) mass is 363 g/mol. The number of ether oxygens (including phenoxy) is 1. The highest BCUT2D eigenvalue weighted by Gasteiger charge is 2.49. The molecule has 0 unspecified atom stereocenters. The Bertz CT molecular complexity index is 990. The van der Waals surface area contributed by atoms with Crippen molar-refractivity contribution in [2.24, 2.45) is 0 Å². The standard InChI is InChI=1S/C21H21N3O3/c1-14(2)24-17(8-12-23-24)20-16(5-4-11-22-20)21(9-10-21)27-19-7-3-6-18(26)15(19)13-25/h3-8,11-14,26H,9-10H2,1-2H3. The second-order valence-corrected chi connectivity index (χ2v) is 7.06. The maximum absolute atomic E-state index is 11.4. The van der Waals surface area contributed by atoms with Gasteiger partial charge in [0, 0.05) is 24.0 Å². The lowest BCUT2D eigenvalue weighted by atomic mass is 10.0. The molecule has 3 aromatic rings. The van der Waals surface area contributed by atoms with E-state index in [-0.39, 0.29) is 17.4 Å². The van der Waals surface area contributed by atoms with Gasteiger partial charge in [-0.1, -0.05) is 12.1 Å². The summed E-state index contributed by atoms with van der Waals surface area (Å²) < 4.78 is 8.22. The van der Waals surface area contributed by atoms with E-state index in [2.05, 4.69) is 23.9 Å². The maximum atomic E-state index is 11.4. The van der Waals surface area contributed by atoms with Gasteiger partial charge in [0.1, 0.15) is 17.1 Å². The minimum absolute atomic E-state index is 0.0809. The van der Waals surface area contributed by atoms with E-state index in [0.717, 1.165) is 29.8 Å². The van der Waals surface area contributed by atoms with E-state index in [1.165, 1.54) is 6.07 Å². The summed E-state index contributed by atoms with van der Waals surface area (Å²) in [4.78, 5) is 16.0. The summed E-state index contributed by atoms with van der Waals surface area (Å²) >= 11 is 0. The molecule has 0 amide bonds. The van der Waals surface area contributed by atoms with Gasteiger partial charge in [-0.05, 0) is 51.0 Å². The van der Waals surface area contributed by atoms with E-state index in [1.807, 2.05) is 22.9 Å². The molecule has 2 aromatic heterocycles. The molecule has 1 fully saturated rings. The average Bonchev–Trinajstić information content (AvgIpc) is 3.26. The van der Waals surface area contributed by atoms with Gasteiger partial charge in [0.15, 0.2) is 6.29 Å². The van der Waals surface area contributed by atoms with Crippen LogP contribution in [0.3, 0.4) is 0 Å². The van der Waals surface area contributed by atoms with E-state index in [1.54, 1.807) is 24.5 Å². The van der Waals surface area contributed by atoms with E-state index in [4.69, 9.17) is 4.74 Å². The van der Waals surface area contributed by atoms with Crippen LogP contribution in [0.25, 0.3) is 11.4 Å². The molecule has 2 heterocycles. The summed E-state index contributed by atoms with van der Waals surface area (Å²) in [7, 11) is 0. The van der Waals surface area contributed by atoms with Crippen LogP contribution in [0.5, 0.6) is 11.5 Å². The molecule has 27 heavy (non-hydrogen) atoms. The van der Waals surface area contributed by atoms with E-state index in [9.17, 15) is 9.90 Å². The molecular formula is C21H21N3O3. The van der Waals surface area contributed by atoms with Crippen molar-refractivity contribution in [3.05, 3.63) is 59.9 Å². The number of aromatic nitrogens is 3. The van der Waals surface area contributed by atoms with Crippen LogP contribution in [0, 0.1) is 0 Å². The highest BCUT2D eigenvalue weighted by atomic mass is 16.5. The van der Waals surface area contributed by atoms with Gasteiger partial charge in [-0.25, -0.2) is 0 Å². The number of nitrogens with zero attached hydrogens (tertiary/aromatic N) is 3. The van der Waals surface area contributed by atoms with Crippen LogP contribution < -0.4 is 4.74 Å². The van der Waals surface area contributed by atoms with Crippen molar-refractivity contribution in [3.8, 4) is 22.9 Å². The lowest BCUT2D eigenvalue weighted by Crippen LogP contribution is -2.19. The van der Waals surface area contributed by atoms with Crippen LogP contribution in [0.4, 0.5) is 0 Å². The first-order chi connectivity index (χ1) is 13.1. The first-order valence-electron chi connectivity index (χ1n) is 9.01. The zero-order chi connectivity index (χ0) is 19.0. The number of carbonyl (C=O) groups excluding carboxylic acids is 1. The average molecular weight is 363 g/mol. The zero-order valence-electron chi connectivity index (χ0n) is 15.3. The summed E-state index contributed by atoms with van der Waals surface area (Å²) in [5, 5.41) is 14.4. The Morgan fingerprint density at radius 1 is 1.19 bits per heavy atom. The van der Waals surface area contributed by atoms with Crippen molar-refractivity contribution in [2.75, 3.05) is 0 Å². The molecular weight excluding hydrogens is 342 g/mol. The van der Waals surface area contributed by atoms with E-state index >= 15 is 0 Å². The molecule has 1 aromatic carbocycles. The quantitative estimate of drug-likeness (QED) is 0.667. The normalized spacial score (nSPS) is 14.9. The van der Waals surface area contributed by atoms with Crippen LogP contribution in [-0.2, 0) is 5.60 Å². The van der Waals surface area contributed by atoms with Crippen LogP contribution >= 0.6 is 0 Å². The summed E-state index contributed by atoms with van der Waals surface area (Å²) in [5.74, 6) is 0.303. The number of aromatic hydroxyl groups is 1. The number of pyridine rings is 1. The number of hydrogen-bond acceptors (Lipinski definition) is 5. The summed E-state index contributed by atoms with van der Waals surface area (Å²) in [6.07, 6.45) is 5.79. The SMILES string of the molecule is CC(C)n1nccc1-c1ncccc1C1(Oc2cccc(O)c2C=O)CC1. The van der Waals surface area contributed by atoms with Crippen molar-refractivity contribution in [2.45, 2.75) is 38.3 Å². The van der Waals surface area contributed by atoms with Gasteiger partial charge in [0.05, 0.1) is 17.0 Å². The number of aldehydes is 1. The molecule has 0 atom stereocenters. The number of carbonyl (C=O) groups is 1. The first-order valence-corrected chi connectivity index (χ1v) is 9.01. The van der Waals surface area contributed by atoms with Gasteiger partial charge in [0.2, 0.25) is 0 Å². The number of rotatable bonds is 6. The molecule has 1 aliphatic carbocycles. The fourth-order valence-corrected chi connectivity index (χ4v) is 3.38. The summed E-state index contributed by atoms with van der Waals surface area (Å²) in [6, 6.07) is 10.9. The molecule has 6 heteroatoms. The second kappa shape index (κ2) is 6.54. The smallest absolute Gasteiger partial charge is 0.157 e. The van der Waals surface area contributed by atoms with E-state index in [0.29, 0.717) is 12.0 Å². The first kappa shape index (κ1) is 17.3. The fourth-order valence-electron chi connectivity index (χ4n) is 3.38. The molecule has 1 N–H and O–H groups in total. The Balaban J connectivity index is 1.78. The van der Waals surface area contributed by atoms with Gasteiger partial charge < -0.3 is 9.84 Å². The molecule has 6 nitrogen and oxygen atoms in total. The number of phenols is 1. The highest BCUT2D eigenvalue weighted by Crippen LogP contribution is 2.52. The van der Waals surface area contributed by atoms with Gasteiger partial charge in [0.25, 0.3) is 0 Å². The largest absolute Gasteiger partial charge is 0.507 e. The summed E-state index contributed by atoms with van der Waals surface area (Å²) in [5.41, 5.74) is 2.34. The molecule has 0 bridgehead atoms. The van der Waals surface area contributed by atoms with Crippen molar-refractivity contribution in [1.29, 1.82) is 0 Å². The van der Waals surface area contributed by atoms with Crippen molar-refractivity contribution in [1.82, 2.24) is 14.8 Å². The number of benzene rings is 1. The topological polar surface area (TPSA) is 77.2 Å². The Morgan fingerprint density at radius 3 is 2.70 bits per heavy atom. The Morgan fingerprint density at radius 2 is 2.00 bits per heavy atom. The molecule has 0 radical (unpaired) electrons. The molecule has 0 saturated heterocycles. The molecule has 138 valence electrons. The third kappa shape index (κ3) is 2.97. The van der Waals surface area contributed by atoms with Crippen molar-refractivity contribution >= 4 is 6.29 Å². The molecule has 0 aliphatic heterocycles. The van der Waals surface area contributed by atoms with Crippen LogP contribution in [-0.4, -0.2) is 26.2 Å². The van der Waals surface area contributed by atoms with Gasteiger partial charge in [-0.3, -0.25) is 14.5 Å². The van der Waals surface area contributed by atoms with Gasteiger partial charge in [-0.15, -0.1) is 0 Å². The molecule has 4 rings (SSSR count). The minimum atomic E-state index is -0.554. The molecule has 1 aliphatic rings. The predicted octanol–water partition coefficient (Wildman–Crippen LogP) is 4.11. The Labute approximate surface area is 157 Å². The van der Waals surface area contributed by atoms with E-state index < -0.39 is 5.60 Å². The number of phenolic OH excluding ortho intramolecular Hbond substituents is 1. The van der Waals surface area contributed by atoms with Crippen LogP contribution in [0.2, 0.25) is 0 Å². The highest BCUT2D eigenvalue weighted by molar-refractivity contribution is 5.83. The summed E-state index contributed by atoms with van der Waals surface area (Å²) in [6.45, 7) is 4.15. The zero-order valence-corrected chi connectivity index (χ0v) is 15.3. The predicted molar refractivity (Wildman–Crippen MR) is 101 cm³/mol. The van der Waals surface area contributed by atoms with Crippen LogP contribution in [0.1, 0.15) is 48.7 Å². The Kier molecular flexibility index (Phi) is 4.18. The maximum Gasteiger partial charge on any atom is 0.157 e. The van der Waals surface area contributed by atoms with Gasteiger partial charge in [-0.2, -0.15) is 5.10 Å². The number of hydrogen-bond donors (Lipinski definition) is 1.